The van der Waals surface area contributed by atoms with Crippen molar-refractivity contribution in [2.45, 2.75) is 18.7 Å². The third-order valence-corrected chi connectivity index (χ3v) is 6.29. The summed E-state index contributed by atoms with van der Waals surface area (Å²) in [7, 11) is 0. The lowest BCUT2D eigenvalue weighted by molar-refractivity contribution is 1.16. The van der Waals surface area contributed by atoms with Crippen molar-refractivity contribution in [1.29, 1.82) is 0 Å². The minimum atomic E-state index is 0.216. The van der Waals surface area contributed by atoms with Gasteiger partial charge in [0.15, 0.2) is 0 Å². The van der Waals surface area contributed by atoms with Crippen LogP contribution in [0.4, 0.5) is 0 Å². The van der Waals surface area contributed by atoms with E-state index >= 15 is 0 Å². The minimum Gasteiger partial charge on any atom is -0.146 e. The number of benzene rings is 1. The molecular weight excluding hydrogens is 383 g/mol. The molecule has 1 heterocycles. The normalized spacial score (nSPS) is 12.8. The van der Waals surface area contributed by atoms with E-state index in [1.807, 2.05) is 13.0 Å². The van der Waals surface area contributed by atoms with Crippen molar-refractivity contribution in [3.8, 4) is 0 Å². The van der Waals surface area contributed by atoms with Crippen LogP contribution in [0.15, 0.2) is 28.1 Å². The van der Waals surface area contributed by atoms with E-state index in [9.17, 15) is 0 Å². The molecule has 1 aromatic heterocycles. The summed E-state index contributed by atoms with van der Waals surface area (Å²) in [5.41, 5.74) is 3.60. The van der Waals surface area contributed by atoms with Gasteiger partial charge in [0.25, 0.3) is 0 Å². The summed E-state index contributed by atoms with van der Waals surface area (Å²) < 4.78 is 1.15. The molecule has 17 heavy (non-hydrogen) atoms. The topological polar surface area (TPSA) is 0 Å². The highest BCUT2D eigenvalue weighted by molar-refractivity contribution is 9.11. The fourth-order valence-electron chi connectivity index (χ4n) is 1.70. The molecule has 0 aliphatic heterocycles. The van der Waals surface area contributed by atoms with Crippen molar-refractivity contribution in [1.82, 2.24) is 0 Å². The fraction of sp³-hybridized carbons (Fsp3) is 0.231. The Labute approximate surface area is 127 Å². The lowest BCUT2D eigenvalue weighted by atomic mass is 10.0. The summed E-state index contributed by atoms with van der Waals surface area (Å²) in [6.45, 7) is 4.13. The molecule has 0 fully saturated rings. The zero-order valence-corrected chi connectivity index (χ0v) is 14.2. The molecule has 0 N–H and O–H groups in total. The molecular formula is C13H11Br2ClS. The van der Waals surface area contributed by atoms with Crippen LogP contribution in [0.25, 0.3) is 0 Å². The Kier molecular flexibility index (Phi) is 4.35. The van der Waals surface area contributed by atoms with Crippen molar-refractivity contribution in [3.05, 3.63) is 54.6 Å². The van der Waals surface area contributed by atoms with Gasteiger partial charge in [0.1, 0.15) is 0 Å². The molecule has 0 radical (unpaired) electrons. The van der Waals surface area contributed by atoms with Gasteiger partial charge in [-0.05, 0) is 64.0 Å². The Morgan fingerprint density at radius 3 is 2.53 bits per heavy atom. The number of aryl methyl sites for hydroxylation is 2. The quantitative estimate of drug-likeness (QED) is 0.527. The van der Waals surface area contributed by atoms with E-state index in [1.165, 1.54) is 16.0 Å². The SMILES string of the molecule is Cc1cc(C(Br)c2sccc2Br)c(C)cc1Cl. The van der Waals surface area contributed by atoms with Crippen LogP contribution in [0.1, 0.15) is 26.4 Å². The van der Waals surface area contributed by atoms with E-state index in [-0.39, 0.29) is 4.83 Å². The smallest absolute Gasteiger partial charge is 0.0752 e. The third-order valence-electron chi connectivity index (χ3n) is 2.70. The van der Waals surface area contributed by atoms with Crippen LogP contribution in [-0.2, 0) is 0 Å². The number of halogens is 3. The molecule has 1 unspecified atom stereocenters. The molecule has 0 saturated carbocycles. The zero-order chi connectivity index (χ0) is 12.6. The van der Waals surface area contributed by atoms with E-state index < -0.39 is 0 Å². The van der Waals surface area contributed by atoms with Gasteiger partial charge in [-0.2, -0.15) is 0 Å². The van der Waals surface area contributed by atoms with Crippen LogP contribution in [0, 0.1) is 13.8 Å². The number of hydrogen-bond acceptors (Lipinski definition) is 1. The Morgan fingerprint density at radius 1 is 1.24 bits per heavy atom. The second kappa shape index (κ2) is 5.43. The monoisotopic (exact) mass is 392 g/mol. The van der Waals surface area contributed by atoms with Gasteiger partial charge < -0.3 is 0 Å². The molecule has 4 heteroatoms. The van der Waals surface area contributed by atoms with Gasteiger partial charge in [0.05, 0.1) is 4.83 Å². The predicted octanol–water partition coefficient (Wildman–Crippen LogP) is 6.27. The van der Waals surface area contributed by atoms with Gasteiger partial charge in [0.2, 0.25) is 0 Å². The van der Waals surface area contributed by atoms with Crippen molar-refractivity contribution in [2.75, 3.05) is 0 Å². The summed E-state index contributed by atoms with van der Waals surface area (Å²) in [5.74, 6) is 0. The highest BCUT2D eigenvalue weighted by Crippen LogP contribution is 2.41. The number of hydrogen-bond donors (Lipinski definition) is 0. The molecule has 1 aromatic carbocycles. The van der Waals surface area contributed by atoms with Gasteiger partial charge >= 0.3 is 0 Å². The summed E-state index contributed by atoms with van der Waals surface area (Å²) in [6, 6.07) is 6.26. The lowest BCUT2D eigenvalue weighted by Gasteiger charge is -2.14. The molecule has 0 aliphatic rings. The van der Waals surface area contributed by atoms with Gasteiger partial charge in [0, 0.05) is 14.4 Å². The van der Waals surface area contributed by atoms with Crippen LogP contribution in [-0.4, -0.2) is 0 Å². The zero-order valence-electron chi connectivity index (χ0n) is 9.43. The maximum atomic E-state index is 6.12. The second-order valence-corrected chi connectivity index (χ2v) is 7.08. The fourth-order valence-corrected chi connectivity index (χ4v) is 4.89. The van der Waals surface area contributed by atoms with Crippen LogP contribution >= 0.6 is 54.8 Å². The first-order valence-corrected chi connectivity index (χ1v) is 8.11. The predicted molar refractivity (Wildman–Crippen MR) is 83.7 cm³/mol. The third kappa shape index (κ3) is 2.78. The summed E-state index contributed by atoms with van der Waals surface area (Å²) >= 11 is 15.2. The van der Waals surface area contributed by atoms with Crippen LogP contribution in [0.2, 0.25) is 5.02 Å². The Bertz CT molecular complexity index is 548. The second-order valence-electron chi connectivity index (χ2n) is 3.95. The molecule has 2 aromatic rings. The molecule has 0 amide bonds. The van der Waals surface area contributed by atoms with Crippen molar-refractivity contribution >= 4 is 54.8 Å². The maximum Gasteiger partial charge on any atom is 0.0752 e. The lowest BCUT2D eigenvalue weighted by Crippen LogP contribution is -1.95. The van der Waals surface area contributed by atoms with Crippen molar-refractivity contribution in [3.63, 3.8) is 0 Å². The Morgan fingerprint density at radius 2 is 1.94 bits per heavy atom. The van der Waals surface area contributed by atoms with Gasteiger partial charge in [-0.15, -0.1) is 11.3 Å². The average molecular weight is 395 g/mol. The maximum absolute atomic E-state index is 6.12. The van der Waals surface area contributed by atoms with E-state index in [4.69, 9.17) is 11.6 Å². The van der Waals surface area contributed by atoms with Crippen LogP contribution in [0.5, 0.6) is 0 Å². The Balaban J connectivity index is 2.48. The van der Waals surface area contributed by atoms with E-state index in [0.717, 1.165) is 15.1 Å². The van der Waals surface area contributed by atoms with E-state index in [0.29, 0.717) is 0 Å². The first kappa shape index (κ1) is 13.6. The van der Waals surface area contributed by atoms with Crippen molar-refractivity contribution < 1.29 is 0 Å². The summed E-state index contributed by atoms with van der Waals surface area (Å²) in [6.07, 6.45) is 0. The molecule has 0 bridgehead atoms. The molecule has 2 rings (SSSR count). The standard InChI is InChI=1S/C13H11Br2ClS/c1-7-6-11(16)8(2)5-9(7)12(15)13-10(14)3-4-17-13/h3-6,12H,1-2H3. The van der Waals surface area contributed by atoms with E-state index in [2.05, 4.69) is 56.3 Å². The molecule has 0 aliphatic carbocycles. The van der Waals surface area contributed by atoms with Gasteiger partial charge in [-0.25, -0.2) is 0 Å². The van der Waals surface area contributed by atoms with E-state index in [1.54, 1.807) is 11.3 Å². The van der Waals surface area contributed by atoms with Crippen molar-refractivity contribution in [2.24, 2.45) is 0 Å². The first-order chi connectivity index (χ1) is 8.00. The summed E-state index contributed by atoms with van der Waals surface area (Å²) in [5, 5.41) is 2.92. The molecule has 0 saturated heterocycles. The highest BCUT2D eigenvalue weighted by Gasteiger charge is 2.17. The largest absolute Gasteiger partial charge is 0.146 e. The van der Waals surface area contributed by atoms with Gasteiger partial charge in [-0.3, -0.25) is 0 Å². The number of rotatable bonds is 2. The molecule has 90 valence electrons. The van der Waals surface area contributed by atoms with Crippen LogP contribution in [0.3, 0.4) is 0 Å². The molecule has 0 nitrogen and oxygen atoms in total. The molecule has 1 atom stereocenters. The first-order valence-electron chi connectivity index (χ1n) is 5.14. The Hall–Kier alpha value is 0.170. The number of thiophene rings is 1. The minimum absolute atomic E-state index is 0.216. The number of alkyl halides is 1. The average Bonchev–Trinajstić information content (AvgIpc) is 2.69. The van der Waals surface area contributed by atoms with Gasteiger partial charge in [-0.1, -0.05) is 33.6 Å². The molecule has 0 spiro atoms. The summed E-state index contributed by atoms with van der Waals surface area (Å²) in [4.78, 5) is 1.50. The highest BCUT2D eigenvalue weighted by atomic mass is 79.9. The van der Waals surface area contributed by atoms with Crippen LogP contribution < -0.4 is 0 Å².